The molecule has 0 aromatic heterocycles. The molecule has 1 aromatic carbocycles. The minimum absolute atomic E-state index is 0.00505. The highest BCUT2D eigenvalue weighted by molar-refractivity contribution is 6.04. The predicted molar refractivity (Wildman–Crippen MR) is 74.9 cm³/mol. The van der Waals surface area contributed by atoms with Crippen molar-refractivity contribution < 1.29 is 9.59 Å². The highest BCUT2D eigenvalue weighted by Gasteiger charge is 2.42. The van der Waals surface area contributed by atoms with Gasteiger partial charge in [0.2, 0.25) is 5.91 Å². The van der Waals surface area contributed by atoms with Gasteiger partial charge >= 0.3 is 0 Å². The van der Waals surface area contributed by atoms with Crippen LogP contribution in [0.2, 0.25) is 0 Å². The Balaban J connectivity index is 2.39. The number of carbonyl (C=O) groups excluding carboxylic acids is 2. The normalized spacial score (nSPS) is 18.9. The van der Waals surface area contributed by atoms with Gasteiger partial charge in [-0.25, -0.2) is 0 Å². The van der Waals surface area contributed by atoms with Crippen LogP contribution in [0.3, 0.4) is 0 Å². The molecule has 102 valence electrons. The zero-order valence-electron chi connectivity index (χ0n) is 11.5. The van der Waals surface area contributed by atoms with E-state index in [0.29, 0.717) is 25.8 Å². The van der Waals surface area contributed by atoms with E-state index in [9.17, 15) is 9.59 Å². The van der Waals surface area contributed by atoms with E-state index in [0.717, 1.165) is 5.69 Å². The van der Waals surface area contributed by atoms with E-state index >= 15 is 0 Å². The van der Waals surface area contributed by atoms with Crippen molar-refractivity contribution in [3.05, 3.63) is 30.3 Å². The SMILES string of the molecule is CCC1(CC)NC(=O)CCN(c2ccccc2)C1=O. The summed E-state index contributed by atoms with van der Waals surface area (Å²) in [6.45, 7) is 4.32. The van der Waals surface area contributed by atoms with Gasteiger partial charge in [0.05, 0.1) is 0 Å². The number of anilines is 1. The Morgan fingerprint density at radius 1 is 1.16 bits per heavy atom. The van der Waals surface area contributed by atoms with Crippen LogP contribution in [0.25, 0.3) is 0 Å². The largest absolute Gasteiger partial charge is 0.342 e. The molecule has 19 heavy (non-hydrogen) atoms. The maximum absolute atomic E-state index is 12.8. The summed E-state index contributed by atoms with van der Waals surface area (Å²) in [4.78, 5) is 26.4. The number of benzene rings is 1. The summed E-state index contributed by atoms with van der Waals surface area (Å²) >= 11 is 0. The number of hydrogen-bond acceptors (Lipinski definition) is 2. The van der Waals surface area contributed by atoms with Crippen LogP contribution in [-0.4, -0.2) is 23.9 Å². The van der Waals surface area contributed by atoms with E-state index in [-0.39, 0.29) is 11.8 Å². The number of amides is 2. The van der Waals surface area contributed by atoms with Gasteiger partial charge in [-0.2, -0.15) is 0 Å². The van der Waals surface area contributed by atoms with Crippen molar-refractivity contribution >= 4 is 17.5 Å². The second kappa shape index (κ2) is 5.43. The summed E-state index contributed by atoms with van der Waals surface area (Å²) in [5.41, 5.74) is 0.0962. The maximum atomic E-state index is 12.8. The molecule has 2 rings (SSSR count). The molecule has 1 N–H and O–H groups in total. The van der Waals surface area contributed by atoms with Crippen LogP contribution in [0, 0.1) is 0 Å². The fraction of sp³-hybridized carbons (Fsp3) is 0.467. The molecule has 0 atom stereocenters. The van der Waals surface area contributed by atoms with E-state index in [4.69, 9.17) is 0 Å². The maximum Gasteiger partial charge on any atom is 0.252 e. The van der Waals surface area contributed by atoms with Crippen molar-refractivity contribution in [2.75, 3.05) is 11.4 Å². The molecule has 1 saturated heterocycles. The molecule has 1 fully saturated rings. The monoisotopic (exact) mass is 260 g/mol. The molecule has 4 nitrogen and oxygen atoms in total. The lowest BCUT2D eigenvalue weighted by Crippen LogP contribution is -2.56. The summed E-state index contributed by atoms with van der Waals surface area (Å²) in [5, 5.41) is 2.91. The van der Waals surface area contributed by atoms with Gasteiger partial charge in [-0.15, -0.1) is 0 Å². The third-order valence-corrected chi connectivity index (χ3v) is 3.87. The fourth-order valence-electron chi connectivity index (χ4n) is 2.54. The Morgan fingerprint density at radius 2 is 1.79 bits per heavy atom. The van der Waals surface area contributed by atoms with Gasteiger partial charge in [-0.1, -0.05) is 32.0 Å². The van der Waals surface area contributed by atoms with E-state index in [1.807, 2.05) is 44.2 Å². The van der Waals surface area contributed by atoms with Crippen molar-refractivity contribution in [1.29, 1.82) is 0 Å². The molecule has 1 aliphatic heterocycles. The van der Waals surface area contributed by atoms with Gasteiger partial charge in [0.25, 0.3) is 5.91 Å². The number of nitrogens with zero attached hydrogens (tertiary/aromatic N) is 1. The van der Waals surface area contributed by atoms with Gasteiger partial charge in [0.1, 0.15) is 5.54 Å². The van der Waals surface area contributed by atoms with Crippen molar-refractivity contribution in [2.45, 2.75) is 38.6 Å². The van der Waals surface area contributed by atoms with Crippen LogP contribution in [0.5, 0.6) is 0 Å². The lowest BCUT2D eigenvalue weighted by molar-refractivity contribution is -0.130. The van der Waals surface area contributed by atoms with Crippen LogP contribution in [0.15, 0.2) is 30.3 Å². The van der Waals surface area contributed by atoms with Gasteiger partial charge < -0.3 is 10.2 Å². The van der Waals surface area contributed by atoms with E-state index < -0.39 is 5.54 Å². The third-order valence-electron chi connectivity index (χ3n) is 3.87. The smallest absolute Gasteiger partial charge is 0.252 e. The molecular formula is C15H20N2O2. The molecule has 0 aliphatic carbocycles. The number of hydrogen-bond donors (Lipinski definition) is 1. The second-order valence-electron chi connectivity index (χ2n) is 4.88. The van der Waals surface area contributed by atoms with Gasteiger partial charge in [0, 0.05) is 18.7 Å². The number of nitrogens with one attached hydrogen (secondary N) is 1. The number of rotatable bonds is 3. The van der Waals surface area contributed by atoms with Crippen LogP contribution in [-0.2, 0) is 9.59 Å². The molecule has 0 unspecified atom stereocenters. The highest BCUT2D eigenvalue weighted by Crippen LogP contribution is 2.26. The first kappa shape index (κ1) is 13.6. The van der Waals surface area contributed by atoms with Crippen molar-refractivity contribution in [3.8, 4) is 0 Å². The standard InChI is InChI=1S/C15H20N2O2/c1-3-15(4-2)14(19)17(11-10-13(18)16-15)12-8-6-5-7-9-12/h5-9H,3-4,10-11H2,1-2H3,(H,16,18). The average molecular weight is 260 g/mol. The molecule has 0 bridgehead atoms. The van der Waals surface area contributed by atoms with Gasteiger partial charge in [-0.05, 0) is 25.0 Å². The van der Waals surface area contributed by atoms with E-state index in [1.165, 1.54) is 0 Å². The van der Waals surface area contributed by atoms with Crippen LogP contribution in [0.1, 0.15) is 33.1 Å². The van der Waals surface area contributed by atoms with Crippen molar-refractivity contribution in [1.82, 2.24) is 5.32 Å². The van der Waals surface area contributed by atoms with Crippen molar-refractivity contribution in [3.63, 3.8) is 0 Å². The zero-order chi connectivity index (χ0) is 13.9. The summed E-state index contributed by atoms with van der Waals surface area (Å²) in [7, 11) is 0. The first-order valence-corrected chi connectivity index (χ1v) is 6.81. The molecule has 0 radical (unpaired) electrons. The Bertz CT molecular complexity index is 466. The first-order valence-electron chi connectivity index (χ1n) is 6.81. The Kier molecular flexibility index (Phi) is 3.88. The van der Waals surface area contributed by atoms with Crippen LogP contribution < -0.4 is 10.2 Å². The Morgan fingerprint density at radius 3 is 2.37 bits per heavy atom. The van der Waals surface area contributed by atoms with Gasteiger partial charge in [-0.3, -0.25) is 9.59 Å². The molecule has 0 spiro atoms. The predicted octanol–water partition coefficient (Wildman–Crippen LogP) is 2.10. The molecule has 0 saturated carbocycles. The quantitative estimate of drug-likeness (QED) is 0.904. The third kappa shape index (κ3) is 2.48. The molecule has 4 heteroatoms. The molecule has 1 aromatic rings. The molecule has 2 amide bonds. The molecule has 1 heterocycles. The summed E-state index contributed by atoms with van der Waals surface area (Å²) in [5.74, 6) is -0.0509. The minimum atomic E-state index is -0.760. The summed E-state index contributed by atoms with van der Waals surface area (Å²) in [6.07, 6.45) is 1.57. The van der Waals surface area contributed by atoms with E-state index in [2.05, 4.69) is 5.32 Å². The zero-order valence-corrected chi connectivity index (χ0v) is 11.5. The van der Waals surface area contributed by atoms with Crippen LogP contribution in [0.4, 0.5) is 5.69 Å². The molecular weight excluding hydrogens is 240 g/mol. The van der Waals surface area contributed by atoms with Crippen molar-refractivity contribution in [2.24, 2.45) is 0 Å². The topological polar surface area (TPSA) is 49.4 Å². The fourth-order valence-corrected chi connectivity index (χ4v) is 2.54. The lowest BCUT2D eigenvalue weighted by atomic mass is 9.91. The first-order chi connectivity index (χ1) is 9.13. The molecule has 1 aliphatic rings. The van der Waals surface area contributed by atoms with Gasteiger partial charge in [0.15, 0.2) is 0 Å². The number of para-hydroxylation sites is 1. The summed E-state index contributed by atoms with van der Waals surface area (Å²) < 4.78 is 0. The Hall–Kier alpha value is -1.84. The summed E-state index contributed by atoms with van der Waals surface area (Å²) in [6, 6.07) is 9.54. The number of carbonyl (C=O) groups is 2. The van der Waals surface area contributed by atoms with Crippen LogP contribution >= 0.6 is 0 Å². The Labute approximate surface area is 113 Å². The highest BCUT2D eigenvalue weighted by atomic mass is 16.2. The lowest BCUT2D eigenvalue weighted by Gasteiger charge is -2.33. The average Bonchev–Trinajstić information content (AvgIpc) is 2.57. The second-order valence-corrected chi connectivity index (χ2v) is 4.88. The van der Waals surface area contributed by atoms with E-state index in [1.54, 1.807) is 4.90 Å². The minimum Gasteiger partial charge on any atom is -0.342 e.